The first-order valence-electron chi connectivity index (χ1n) is 10.2. The van der Waals surface area contributed by atoms with E-state index in [1.165, 1.54) is 57.4 Å². The van der Waals surface area contributed by atoms with E-state index in [9.17, 15) is 27.7 Å². The van der Waals surface area contributed by atoms with Crippen LogP contribution < -0.4 is 14.8 Å². The van der Waals surface area contributed by atoms with Gasteiger partial charge < -0.3 is 9.47 Å². The molecule has 0 aliphatic carbocycles. The predicted octanol–water partition coefficient (Wildman–Crippen LogP) is 3.63. The number of halogens is 1. The van der Waals surface area contributed by atoms with Crippen molar-refractivity contribution in [2.75, 3.05) is 12.4 Å². The van der Waals surface area contributed by atoms with E-state index < -0.39 is 37.9 Å². The van der Waals surface area contributed by atoms with E-state index in [2.05, 4.69) is 14.7 Å². The highest BCUT2D eigenvalue weighted by Crippen LogP contribution is 2.30. The number of benzene rings is 2. The lowest BCUT2D eigenvalue weighted by atomic mass is 10.1. The molecule has 2 aromatic carbocycles. The highest BCUT2D eigenvalue weighted by molar-refractivity contribution is 7.91. The van der Waals surface area contributed by atoms with Gasteiger partial charge in [0, 0.05) is 11.5 Å². The number of rotatable bonds is 8. The van der Waals surface area contributed by atoms with Crippen LogP contribution in [-0.4, -0.2) is 42.0 Å². The molecule has 0 saturated carbocycles. The van der Waals surface area contributed by atoms with E-state index >= 15 is 0 Å². The minimum Gasteiger partial charge on any atom is -0.493 e. The van der Waals surface area contributed by atoms with Gasteiger partial charge in [0.25, 0.3) is 11.1 Å². The molecule has 0 aliphatic heterocycles. The molecule has 3 rings (SSSR count). The zero-order valence-corrected chi connectivity index (χ0v) is 20.8. The van der Waals surface area contributed by atoms with Gasteiger partial charge in [0.05, 0.1) is 17.9 Å². The summed E-state index contributed by atoms with van der Waals surface area (Å²) in [7, 11) is -2.37. The molecule has 186 valence electrons. The number of nitrogens with one attached hydrogen (secondary N) is 1. The van der Waals surface area contributed by atoms with Crippen LogP contribution in [0.5, 0.6) is 11.5 Å². The summed E-state index contributed by atoms with van der Waals surface area (Å²) in [5, 5.41) is 10.6. The molecule has 36 heavy (non-hydrogen) atoms. The zero-order chi connectivity index (χ0) is 26.5. The molecule has 0 atom stereocenters. The monoisotopic (exact) mass is 530 g/mol. The largest absolute Gasteiger partial charge is 0.493 e. The molecule has 0 spiro atoms. The Morgan fingerprint density at radius 1 is 1.17 bits per heavy atom. The smallest absolute Gasteiger partial charge is 0.343 e. The third-order valence-electron chi connectivity index (χ3n) is 4.65. The molecule has 0 bridgehead atoms. The van der Waals surface area contributed by atoms with Gasteiger partial charge in [-0.15, -0.1) is 0 Å². The van der Waals surface area contributed by atoms with E-state index in [1.807, 2.05) is 0 Å². The van der Waals surface area contributed by atoms with Crippen molar-refractivity contribution in [3.63, 3.8) is 0 Å². The van der Waals surface area contributed by atoms with Crippen LogP contribution in [0.2, 0.25) is 0 Å². The standard InChI is InChI=1S/C23H19FN4O6S2/c1-13(2)36(31,32)23-27-22(35-28-23)26-20(29)16(12-25)10-14-4-9-18(19(11-14)33-3)34-21(30)15-5-7-17(24)8-6-15/h4-11,13H,1-3H3,(H,26,27,28,29). The fourth-order valence-corrected chi connectivity index (χ4v) is 4.37. The summed E-state index contributed by atoms with van der Waals surface area (Å²) in [6.45, 7) is 2.96. The first-order valence-corrected chi connectivity index (χ1v) is 12.5. The second-order valence-corrected chi connectivity index (χ2v) is 10.6. The van der Waals surface area contributed by atoms with Gasteiger partial charge in [0.2, 0.25) is 15.0 Å². The summed E-state index contributed by atoms with van der Waals surface area (Å²) < 4.78 is 51.7. The molecule has 1 N–H and O–H groups in total. The molecule has 0 fully saturated rings. The average molecular weight is 531 g/mol. The average Bonchev–Trinajstić information content (AvgIpc) is 3.32. The summed E-state index contributed by atoms with van der Waals surface area (Å²) in [4.78, 5) is 28.7. The number of nitriles is 1. The number of hydrogen-bond acceptors (Lipinski definition) is 10. The summed E-state index contributed by atoms with van der Waals surface area (Å²) in [5.41, 5.74) is 0.198. The Labute approximate surface area is 210 Å². The van der Waals surface area contributed by atoms with Crippen LogP contribution in [0, 0.1) is 17.1 Å². The van der Waals surface area contributed by atoms with Crippen molar-refractivity contribution in [2.45, 2.75) is 24.3 Å². The number of esters is 1. The highest BCUT2D eigenvalue weighted by Gasteiger charge is 2.25. The predicted molar refractivity (Wildman–Crippen MR) is 129 cm³/mol. The van der Waals surface area contributed by atoms with Gasteiger partial charge in [-0.2, -0.15) is 14.6 Å². The van der Waals surface area contributed by atoms with Gasteiger partial charge in [0.1, 0.15) is 17.5 Å². The summed E-state index contributed by atoms with van der Waals surface area (Å²) >= 11 is 0.671. The summed E-state index contributed by atoms with van der Waals surface area (Å²) in [6, 6.07) is 10.9. The van der Waals surface area contributed by atoms with E-state index in [1.54, 1.807) is 6.07 Å². The lowest BCUT2D eigenvalue weighted by molar-refractivity contribution is -0.112. The normalized spacial score (nSPS) is 11.6. The van der Waals surface area contributed by atoms with Crippen molar-refractivity contribution < 1.29 is 31.9 Å². The lowest BCUT2D eigenvalue weighted by Gasteiger charge is -2.10. The van der Waals surface area contributed by atoms with Gasteiger partial charge in [-0.25, -0.2) is 17.6 Å². The number of methoxy groups -OCH3 is 1. The Morgan fingerprint density at radius 2 is 1.86 bits per heavy atom. The van der Waals surface area contributed by atoms with E-state index in [0.717, 1.165) is 12.1 Å². The topological polar surface area (TPSA) is 148 Å². The summed E-state index contributed by atoms with van der Waals surface area (Å²) in [5.74, 6) is -1.84. The number of ether oxygens (including phenoxy) is 2. The maximum Gasteiger partial charge on any atom is 0.343 e. The van der Waals surface area contributed by atoms with Crippen LogP contribution in [-0.2, 0) is 14.6 Å². The molecular formula is C23H19FN4O6S2. The SMILES string of the molecule is COc1cc(C=C(C#N)C(=O)Nc2nc(S(=O)(=O)C(C)C)ns2)ccc1OC(=O)c1ccc(F)cc1. The van der Waals surface area contributed by atoms with Gasteiger partial charge in [-0.3, -0.25) is 10.1 Å². The Bertz CT molecular complexity index is 1470. The van der Waals surface area contributed by atoms with Gasteiger partial charge in [0.15, 0.2) is 11.5 Å². The number of anilines is 1. The van der Waals surface area contributed by atoms with Crippen LogP contribution in [0.3, 0.4) is 0 Å². The zero-order valence-electron chi connectivity index (χ0n) is 19.2. The van der Waals surface area contributed by atoms with Gasteiger partial charge in [-0.05, 0) is 61.9 Å². The molecule has 0 radical (unpaired) electrons. The van der Waals surface area contributed by atoms with Crippen LogP contribution in [0.4, 0.5) is 9.52 Å². The van der Waals surface area contributed by atoms with E-state index in [-0.39, 0.29) is 27.8 Å². The first-order chi connectivity index (χ1) is 17.0. The number of carbonyl (C=O) groups excluding carboxylic acids is 2. The quantitative estimate of drug-likeness (QED) is 0.199. The molecule has 0 aliphatic rings. The minimum absolute atomic E-state index is 0.0692. The third-order valence-corrected chi connectivity index (χ3v) is 7.33. The molecule has 0 unspecified atom stereocenters. The Morgan fingerprint density at radius 3 is 2.47 bits per heavy atom. The first kappa shape index (κ1) is 26.5. The van der Waals surface area contributed by atoms with Crippen LogP contribution in [0.1, 0.15) is 29.8 Å². The summed E-state index contributed by atoms with van der Waals surface area (Å²) in [6.07, 6.45) is 1.26. The van der Waals surface area contributed by atoms with Crippen LogP contribution in [0.15, 0.2) is 53.2 Å². The highest BCUT2D eigenvalue weighted by atomic mass is 32.2. The number of amides is 1. The molecule has 1 aromatic heterocycles. The fourth-order valence-electron chi connectivity index (χ4n) is 2.67. The van der Waals surface area contributed by atoms with Crippen LogP contribution in [0.25, 0.3) is 6.08 Å². The Kier molecular flexibility index (Phi) is 8.13. The number of aromatic nitrogens is 2. The maximum absolute atomic E-state index is 13.1. The van der Waals surface area contributed by atoms with Crippen molar-refractivity contribution in [1.82, 2.24) is 9.36 Å². The second-order valence-electron chi connectivity index (χ2n) is 7.41. The van der Waals surface area contributed by atoms with Crippen molar-refractivity contribution in [3.05, 3.63) is 65.0 Å². The molecule has 13 heteroatoms. The number of carbonyl (C=O) groups is 2. The Hall–Kier alpha value is -4.15. The molecule has 3 aromatic rings. The van der Waals surface area contributed by atoms with Gasteiger partial charge >= 0.3 is 5.97 Å². The molecular weight excluding hydrogens is 511 g/mol. The lowest BCUT2D eigenvalue weighted by Crippen LogP contribution is -2.16. The number of sulfone groups is 1. The van der Waals surface area contributed by atoms with Crippen molar-refractivity contribution in [2.24, 2.45) is 0 Å². The van der Waals surface area contributed by atoms with E-state index in [0.29, 0.717) is 17.1 Å². The van der Waals surface area contributed by atoms with Crippen LogP contribution >= 0.6 is 11.5 Å². The molecule has 0 saturated heterocycles. The second kappa shape index (κ2) is 11.1. The number of hydrogen-bond donors (Lipinski definition) is 1. The van der Waals surface area contributed by atoms with Crippen molar-refractivity contribution in [1.29, 1.82) is 5.26 Å². The van der Waals surface area contributed by atoms with Crippen molar-refractivity contribution >= 4 is 44.5 Å². The van der Waals surface area contributed by atoms with Crippen molar-refractivity contribution in [3.8, 4) is 17.6 Å². The Balaban J connectivity index is 1.78. The maximum atomic E-state index is 13.1. The number of nitrogens with zero attached hydrogens (tertiary/aromatic N) is 3. The fraction of sp³-hybridized carbons (Fsp3) is 0.174. The molecule has 1 amide bonds. The van der Waals surface area contributed by atoms with E-state index in [4.69, 9.17) is 9.47 Å². The molecule has 10 nitrogen and oxygen atoms in total. The third kappa shape index (κ3) is 6.09. The minimum atomic E-state index is -3.72. The molecule has 1 heterocycles. The van der Waals surface area contributed by atoms with Gasteiger partial charge in [-0.1, -0.05) is 6.07 Å².